The molecule has 48 valence electrons. The molecule has 0 aliphatic heterocycles. The fraction of sp³-hybridized carbons (Fsp3) is 0.800. The predicted molar refractivity (Wildman–Crippen MR) is 34.9 cm³/mol. The number of esters is 1. The predicted octanol–water partition coefficient (Wildman–Crippen LogP) is 1.22. The zero-order valence-corrected chi connectivity index (χ0v) is 5.78. The second-order valence-corrected chi connectivity index (χ2v) is 1.65. The van der Waals surface area contributed by atoms with Gasteiger partial charge in [-0.1, -0.05) is 6.92 Å². The molecule has 0 aromatic heterocycles. The molecule has 0 aliphatic carbocycles. The van der Waals surface area contributed by atoms with Crippen LogP contribution in [0, 0.1) is 0 Å². The van der Waals surface area contributed by atoms with Crippen LogP contribution in [0.5, 0.6) is 0 Å². The summed E-state index contributed by atoms with van der Waals surface area (Å²) in [7, 11) is 0. The van der Waals surface area contributed by atoms with Gasteiger partial charge in [-0.2, -0.15) is 0 Å². The Bertz CT molecular complexity index is 64.8. The van der Waals surface area contributed by atoms with Gasteiger partial charge in [0.1, 0.15) is 5.94 Å². The summed E-state index contributed by atoms with van der Waals surface area (Å²) in [5.41, 5.74) is 0. The van der Waals surface area contributed by atoms with Crippen LogP contribution in [0.1, 0.15) is 19.8 Å². The maximum absolute atomic E-state index is 10.4. The molecule has 2 nitrogen and oxygen atoms in total. The van der Waals surface area contributed by atoms with Crippen molar-refractivity contribution in [1.29, 1.82) is 0 Å². The summed E-state index contributed by atoms with van der Waals surface area (Å²) < 4.78 is 4.51. The number of hydrogen-bond donors (Lipinski definition) is 1. The largest absolute Gasteiger partial charge is 0.455 e. The Labute approximate surface area is 54.6 Å². The van der Waals surface area contributed by atoms with Crippen molar-refractivity contribution in [2.24, 2.45) is 0 Å². The minimum absolute atomic E-state index is 0.164. The first-order chi connectivity index (χ1) is 3.81. The Balaban J connectivity index is 3.06. The van der Waals surface area contributed by atoms with E-state index in [1.54, 1.807) is 0 Å². The van der Waals surface area contributed by atoms with E-state index in [4.69, 9.17) is 0 Å². The molecule has 3 heteroatoms. The topological polar surface area (TPSA) is 26.3 Å². The Hall–Kier alpha value is -0.180. The van der Waals surface area contributed by atoms with Crippen molar-refractivity contribution in [1.82, 2.24) is 0 Å². The molecule has 0 unspecified atom stereocenters. The molecule has 0 spiro atoms. The summed E-state index contributed by atoms with van der Waals surface area (Å²) in [6.45, 7) is 1.93. The van der Waals surface area contributed by atoms with Gasteiger partial charge < -0.3 is 4.74 Å². The molecule has 0 saturated carbocycles. The van der Waals surface area contributed by atoms with E-state index in [0.717, 1.165) is 6.42 Å². The first-order valence-corrected chi connectivity index (χ1v) is 3.21. The highest BCUT2D eigenvalue weighted by Gasteiger charge is 1.95. The van der Waals surface area contributed by atoms with Crippen LogP contribution in [0.3, 0.4) is 0 Å². The third kappa shape index (κ3) is 3.99. The molecule has 0 bridgehead atoms. The van der Waals surface area contributed by atoms with E-state index in [1.807, 2.05) is 6.92 Å². The van der Waals surface area contributed by atoms with E-state index in [2.05, 4.69) is 17.4 Å². The number of thiol groups is 1. The highest BCUT2D eigenvalue weighted by atomic mass is 32.1. The van der Waals surface area contributed by atoms with Crippen molar-refractivity contribution in [2.45, 2.75) is 19.8 Å². The van der Waals surface area contributed by atoms with Crippen LogP contribution in [0.2, 0.25) is 0 Å². The Morgan fingerprint density at radius 3 is 2.75 bits per heavy atom. The third-order valence-corrected chi connectivity index (χ3v) is 0.809. The SMILES string of the molecule is CCCC(=O)OCS. The average Bonchev–Trinajstić information content (AvgIpc) is 1.68. The summed E-state index contributed by atoms with van der Waals surface area (Å²) in [4.78, 5) is 10.4. The fourth-order valence-electron chi connectivity index (χ4n) is 0.348. The molecule has 0 rings (SSSR count). The maximum Gasteiger partial charge on any atom is 0.306 e. The van der Waals surface area contributed by atoms with E-state index in [1.165, 1.54) is 0 Å². The Kier molecular flexibility index (Phi) is 4.85. The summed E-state index contributed by atoms with van der Waals surface area (Å²) in [6, 6.07) is 0. The van der Waals surface area contributed by atoms with E-state index >= 15 is 0 Å². The van der Waals surface area contributed by atoms with Crippen LogP contribution in [0.15, 0.2) is 0 Å². The molecular formula is C5H10O2S. The third-order valence-electron chi connectivity index (χ3n) is 0.680. The molecule has 0 radical (unpaired) electrons. The molecule has 0 fully saturated rings. The highest BCUT2D eigenvalue weighted by Crippen LogP contribution is 1.90. The number of carbonyl (C=O) groups is 1. The summed E-state index contributed by atoms with van der Waals surface area (Å²) in [5.74, 6) is 0.0289. The average molecular weight is 134 g/mol. The lowest BCUT2D eigenvalue weighted by Crippen LogP contribution is -2.00. The van der Waals surface area contributed by atoms with Crippen LogP contribution in [0.25, 0.3) is 0 Å². The van der Waals surface area contributed by atoms with Gasteiger partial charge in [0.25, 0.3) is 0 Å². The van der Waals surface area contributed by atoms with Crippen LogP contribution in [-0.4, -0.2) is 11.9 Å². The number of hydrogen-bond acceptors (Lipinski definition) is 3. The maximum atomic E-state index is 10.4. The molecule has 0 heterocycles. The number of carbonyl (C=O) groups excluding carboxylic acids is 1. The fourth-order valence-corrected chi connectivity index (χ4v) is 0.492. The van der Waals surface area contributed by atoms with Crippen LogP contribution in [-0.2, 0) is 9.53 Å². The second-order valence-electron chi connectivity index (χ2n) is 1.40. The van der Waals surface area contributed by atoms with Gasteiger partial charge in [-0.3, -0.25) is 4.79 Å². The summed E-state index contributed by atoms with van der Waals surface area (Å²) in [5, 5.41) is 0. The van der Waals surface area contributed by atoms with Crippen LogP contribution >= 0.6 is 12.6 Å². The highest BCUT2D eigenvalue weighted by molar-refractivity contribution is 7.80. The number of rotatable bonds is 3. The normalized spacial score (nSPS) is 8.75. The van der Waals surface area contributed by atoms with Crippen LogP contribution < -0.4 is 0 Å². The van der Waals surface area contributed by atoms with Crippen molar-refractivity contribution >= 4 is 18.6 Å². The van der Waals surface area contributed by atoms with Crippen LogP contribution in [0.4, 0.5) is 0 Å². The molecule has 0 saturated heterocycles. The quantitative estimate of drug-likeness (QED) is 0.357. The molecular weight excluding hydrogens is 124 g/mol. The smallest absolute Gasteiger partial charge is 0.306 e. The molecule has 0 atom stereocenters. The number of ether oxygens (including phenoxy) is 1. The lowest BCUT2D eigenvalue weighted by atomic mass is 10.3. The first-order valence-electron chi connectivity index (χ1n) is 2.57. The zero-order chi connectivity index (χ0) is 6.41. The van der Waals surface area contributed by atoms with E-state index < -0.39 is 0 Å². The molecule has 0 N–H and O–H groups in total. The molecule has 0 aliphatic rings. The van der Waals surface area contributed by atoms with Gasteiger partial charge in [-0.25, -0.2) is 0 Å². The molecule has 0 aromatic carbocycles. The molecule has 0 amide bonds. The van der Waals surface area contributed by atoms with E-state index in [0.29, 0.717) is 6.42 Å². The van der Waals surface area contributed by atoms with Gasteiger partial charge in [-0.15, -0.1) is 12.6 Å². The summed E-state index contributed by atoms with van der Waals surface area (Å²) >= 11 is 3.71. The van der Waals surface area contributed by atoms with Crippen molar-refractivity contribution in [3.63, 3.8) is 0 Å². The lowest BCUT2D eigenvalue weighted by molar-refractivity contribution is -0.141. The lowest BCUT2D eigenvalue weighted by Gasteiger charge is -1.95. The minimum atomic E-state index is -0.164. The molecule has 8 heavy (non-hydrogen) atoms. The molecule has 0 aromatic rings. The Morgan fingerprint density at radius 2 is 2.38 bits per heavy atom. The zero-order valence-electron chi connectivity index (χ0n) is 4.89. The van der Waals surface area contributed by atoms with Gasteiger partial charge in [0.2, 0.25) is 0 Å². The second kappa shape index (κ2) is 4.97. The minimum Gasteiger partial charge on any atom is -0.455 e. The van der Waals surface area contributed by atoms with Gasteiger partial charge >= 0.3 is 5.97 Å². The van der Waals surface area contributed by atoms with E-state index in [-0.39, 0.29) is 11.9 Å². The van der Waals surface area contributed by atoms with Crippen molar-refractivity contribution in [2.75, 3.05) is 5.94 Å². The van der Waals surface area contributed by atoms with Gasteiger partial charge in [-0.05, 0) is 6.42 Å². The summed E-state index contributed by atoms with van der Waals surface area (Å²) in [6.07, 6.45) is 1.34. The van der Waals surface area contributed by atoms with Crippen molar-refractivity contribution in [3.05, 3.63) is 0 Å². The van der Waals surface area contributed by atoms with Gasteiger partial charge in [0.15, 0.2) is 0 Å². The van der Waals surface area contributed by atoms with Crippen molar-refractivity contribution < 1.29 is 9.53 Å². The standard InChI is InChI=1S/C5H10O2S/c1-2-3-5(6)7-4-8/h8H,2-4H2,1H3. The van der Waals surface area contributed by atoms with Crippen molar-refractivity contribution in [3.8, 4) is 0 Å². The van der Waals surface area contributed by atoms with E-state index in [9.17, 15) is 4.79 Å². The van der Waals surface area contributed by atoms with Gasteiger partial charge in [0.05, 0.1) is 0 Å². The van der Waals surface area contributed by atoms with Gasteiger partial charge in [0, 0.05) is 6.42 Å². The first kappa shape index (κ1) is 7.82. The monoisotopic (exact) mass is 134 g/mol. The Morgan fingerprint density at radius 1 is 1.75 bits per heavy atom.